The normalized spacial score (nSPS) is 19.6. The van der Waals surface area contributed by atoms with Crippen LogP contribution < -0.4 is 0 Å². The molecule has 0 aromatic heterocycles. The molecule has 0 aliphatic carbocycles. The molecule has 0 saturated carbocycles. The molecule has 2 amide bonds. The molecular formula is C22H22F2N2O2. The number of likely N-dealkylation sites (tertiary alicyclic amines) is 1. The number of rotatable bonds is 2. The van der Waals surface area contributed by atoms with E-state index in [9.17, 15) is 18.7 Å². The average Bonchev–Trinajstić information content (AvgIpc) is 3.15. The highest BCUT2D eigenvalue weighted by Gasteiger charge is 2.34. The molecule has 0 unspecified atom stereocenters. The SMILES string of the molecule is O=C(N1CCCCC1)N1CC(c2cc(F)ccc2F)=C[C@H]1c1cccc(O)c1. The molecule has 146 valence electrons. The second-order valence-electron chi connectivity index (χ2n) is 7.31. The smallest absolute Gasteiger partial charge is 0.321 e. The Hall–Kier alpha value is -2.89. The lowest BCUT2D eigenvalue weighted by atomic mass is 10.0. The summed E-state index contributed by atoms with van der Waals surface area (Å²) >= 11 is 0. The number of carbonyl (C=O) groups is 1. The number of hydrogen-bond acceptors (Lipinski definition) is 2. The predicted octanol–water partition coefficient (Wildman–Crippen LogP) is 4.72. The summed E-state index contributed by atoms with van der Waals surface area (Å²) in [7, 11) is 0. The molecule has 1 saturated heterocycles. The van der Waals surface area contributed by atoms with E-state index in [2.05, 4.69) is 0 Å². The first-order valence-corrected chi connectivity index (χ1v) is 9.53. The average molecular weight is 384 g/mol. The molecule has 1 fully saturated rings. The van der Waals surface area contributed by atoms with E-state index in [0.717, 1.165) is 43.0 Å². The maximum atomic E-state index is 14.3. The van der Waals surface area contributed by atoms with Gasteiger partial charge in [0.25, 0.3) is 0 Å². The molecule has 2 aliphatic heterocycles. The summed E-state index contributed by atoms with van der Waals surface area (Å²) in [4.78, 5) is 16.7. The standard InChI is InChI=1S/C22H22F2N2O2/c23-17-7-8-20(24)19(13-17)16-12-21(15-5-4-6-18(27)11-15)26(14-16)22(28)25-9-2-1-3-10-25/h4-8,11-13,21,27H,1-3,9-10,14H2/t21-/m0/s1. The van der Waals surface area contributed by atoms with Gasteiger partial charge in [-0.2, -0.15) is 0 Å². The molecule has 4 nitrogen and oxygen atoms in total. The van der Waals surface area contributed by atoms with E-state index in [0.29, 0.717) is 18.7 Å². The lowest BCUT2D eigenvalue weighted by molar-refractivity contribution is 0.143. The van der Waals surface area contributed by atoms with Crippen LogP contribution in [0.25, 0.3) is 5.57 Å². The Morgan fingerprint density at radius 3 is 2.57 bits per heavy atom. The lowest BCUT2D eigenvalue weighted by Crippen LogP contribution is -2.45. The van der Waals surface area contributed by atoms with Crippen LogP contribution in [0.4, 0.5) is 13.6 Å². The van der Waals surface area contributed by atoms with Crippen molar-refractivity contribution >= 4 is 11.6 Å². The van der Waals surface area contributed by atoms with E-state index >= 15 is 0 Å². The summed E-state index contributed by atoms with van der Waals surface area (Å²) in [6, 6.07) is 9.48. The largest absolute Gasteiger partial charge is 0.508 e. The van der Waals surface area contributed by atoms with Gasteiger partial charge < -0.3 is 14.9 Å². The van der Waals surface area contributed by atoms with Gasteiger partial charge in [-0.3, -0.25) is 0 Å². The fourth-order valence-corrected chi connectivity index (χ4v) is 3.97. The predicted molar refractivity (Wildman–Crippen MR) is 103 cm³/mol. The minimum Gasteiger partial charge on any atom is -0.508 e. The van der Waals surface area contributed by atoms with Crippen molar-refractivity contribution in [3.8, 4) is 5.75 Å². The molecule has 0 spiro atoms. The molecule has 1 atom stereocenters. The molecule has 1 N–H and O–H groups in total. The maximum absolute atomic E-state index is 14.3. The summed E-state index contributed by atoms with van der Waals surface area (Å²) in [6.45, 7) is 1.59. The van der Waals surface area contributed by atoms with Gasteiger partial charge >= 0.3 is 6.03 Å². The van der Waals surface area contributed by atoms with Crippen LogP contribution in [0.5, 0.6) is 5.75 Å². The summed E-state index contributed by atoms with van der Waals surface area (Å²) in [5, 5.41) is 9.87. The van der Waals surface area contributed by atoms with Gasteiger partial charge in [0.2, 0.25) is 0 Å². The Morgan fingerprint density at radius 1 is 1.04 bits per heavy atom. The summed E-state index contributed by atoms with van der Waals surface area (Å²) in [6.07, 6.45) is 4.83. The van der Waals surface area contributed by atoms with E-state index < -0.39 is 17.7 Å². The first-order chi connectivity index (χ1) is 13.5. The lowest BCUT2D eigenvalue weighted by Gasteiger charge is -2.34. The number of hydrogen-bond donors (Lipinski definition) is 1. The van der Waals surface area contributed by atoms with E-state index in [1.165, 1.54) is 0 Å². The van der Waals surface area contributed by atoms with E-state index in [-0.39, 0.29) is 23.9 Å². The number of amides is 2. The van der Waals surface area contributed by atoms with E-state index in [1.54, 1.807) is 29.2 Å². The minimum absolute atomic E-state index is 0.0988. The fraction of sp³-hybridized carbons (Fsp3) is 0.318. The second-order valence-corrected chi connectivity index (χ2v) is 7.31. The highest BCUT2D eigenvalue weighted by molar-refractivity contribution is 5.82. The van der Waals surface area contributed by atoms with Crippen molar-refractivity contribution in [3.63, 3.8) is 0 Å². The van der Waals surface area contributed by atoms with Gasteiger partial charge in [0.1, 0.15) is 17.4 Å². The summed E-state index contributed by atoms with van der Waals surface area (Å²) in [5.41, 5.74) is 1.46. The van der Waals surface area contributed by atoms with Gasteiger partial charge in [-0.25, -0.2) is 13.6 Å². The third-order valence-electron chi connectivity index (χ3n) is 5.39. The molecule has 0 radical (unpaired) electrons. The van der Waals surface area contributed by atoms with Crippen molar-refractivity contribution in [2.75, 3.05) is 19.6 Å². The van der Waals surface area contributed by atoms with Crippen LogP contribution in [-0.2, 0) is 0 Å². The first-order valence-electron chi connectivity index (χ1n) is 9.53. The summed E-state index contributed by atoms with van der Waals surface area (Å²) < 4.78 is 28.0. The molecule has 2 heterocycles. The van der Waals surface area contributed by atoms with Gasteiger partial charge in [0, 0.05) is 25.2 Å². The monoisotopic (exact) mass is 384 g/mol. The number of aromatic hydroxyl groups is 1. The first kappa shape index (κ1) is 18.5. The quantitative estimate of drug-likeness (QED) is 0.814. The second kappa shape index (κ2) is 7.62. The fourth-order valence-electron chi connectivity index (χ4n) is 3.97. The number of urea groups is 1. The van der Waals surface area contributed by atoms with Crippen molar-refractivity contribution in [1.82, 2.24) is 9.80 Å². The van der Waals surface area contributed by atoms with Crippen LogP contribution in [-0.4, -0.2) is 40.6 Å². The Kier molecular flexibility index (Phi) is 5.03. The van der Waals surface area contributed by atoms with Crippen molar-refractivity contribution in [3.05, 3.63) is 71.3 Å². The maximum Gasteiger partial charge on any atom is 0.321 e. The van der Waals surface area contributed by atoms with Gasteiger partial charge in [0.05, 0.1) is 6.04 Å². The van der Waals surface area contributed by atoms with Crippen molar-refractivity contribution < 1.29 is 18.7 Å². The number of phenolic OH excluding ortho intramolecular Hbond substituents is 1. The van der Waals surface area contributed by atoms with Gasteiger partial charge in [-0.1, -0.05) is 18.2 Å². The molecular weight excluding hydrogens is 362 g/mol. The van der Waals surface area contributed by atoms with Gasteiger partial charge in [-0.05, 0) is 60.7 Å². The number of benzene rings is 2. The van der Waals surface area contributed by atoms with Gasteiger partial charge in [-0.15, -0.1) is 0 Å². The number of piperidine rings is 1. The van der Waals surface area contributed by atoms with Crippen molar-refractivity contribution in [2.24, 2.45) is 0 Å². The van der Waals surface area contributed by atoms with E-state index in [1.807, 2.05) is 11.0 Å². The van der Waals surface area contributed by atoms with Crippen LogP contribution in [0.1, 0.15) is 36.4 Å². The molecule has 0 bridgehead atoms. The number of nitrogens with zero attached hydrogens (tertiary/aromatic N) is 2. The van der Waals surface area contributed by atoms with Crippen LogP contribution in [0, 0.1) is 11.6 Å². The van der Waals surface area contributed by atoms with Crippen molar-refractivity contribution in [1.29, 1.82) is 0 Å². The van der Waals surface area contributed by atoms with Gasteiger partial charge in [0.15, 0.2) is 0 Å². The number of halogens is 2. The molecule has 4 rings (SSSR count). The number of phenols is 1. The topological polar surface area (TPSA) is 43.8 Å². The third kappa shape index (κ3) is 3.59. The Bertz CT molecular complexity index is 923. The summed E-state index contributed by atoms with van der Waals surface area (Å²) in [5.74, 6) is -0.941. The molecule has 2 aromatic carbocycles. The van der Waals surface area contributed by atoms with Crippen LogP contribution in [0.15, 0.2) is 48.5 Å². The third-order valence-corrected chi connectivity index (χ3v) is 5.39. The Morgan fingerprint density at radius 2 is 1.82 bits per heavy atom. The van der Waals surface area contributed by atoms with Crippen LogP contribution >= 0.6 is 0 Å². The highest BCUT2D eigenvalue weighted by Crippen LogP contribution is 2.37. The number of carbonyl (C=O) groups excluding carboxylic acids is 1. The van der Waals surface area contributed by atoms with Crippen molar-refractivity contribution in [2.45, 2.75) is 25.3 Å². The molecule has 6 heteroatoms. The van der Waals surface area contributed by atoms with Crippen LogP contribution in [0.2, 0.25) is 0 Å². The highest BCUT2D eigenvalue weighted by atomic mass is 19.1. The van der Waals surface area contributed by atoms with Crippen LogP contribution in [0.3, 0.4) is 0 Å². The minimum atomic E-state index is -0.521. The van der Waals surface area contributed by atoms with E-state index in [4.69, 9.17) is 0 Å². The zero-order valence-corrected chi connectivity index (χ0v) is 15.4. The molecule has 2 aromatic rings. The zero-order chi connectivity index (χ0) is 19.7. The molecule has 2 aliphatic rings. The zero-order valence-electron chi connectivity index (χ0n) is 15.4. The Balaban J connectivity index is 1.71. The Labute approximate surface area is 162 Å². The molecule has 28 heavy (non-hydrogen) atoms.